The molecule has 0 spiro atoms. The molecule has 0 unspecified atom stereocenters. The van der Waals surface area contributed by atoms with Crippen molar-refractivity contribution in [3.63, 3.8) is 0 Å². The van der Waals surface area contributed by atoms with Crippen LogP contribution in [0.25, 0.3) is 11.0 Å². The number of aromatic nitrogens is 2. The fourth-order valence-electron chi connectivity index (χ4n) is 2.70. The summed E-state index contributed by atoms with van der Waals surface area (Å²) >= 11 is 0. The van der Waals surface area contributed by atoms with Crippen molar-refractivity contribution in [3.05, 3.63) is 65.5 Å². The maximum absolute atomic E-state index is 11.9. The Balaban J connectivity index is 1.43. The molecule has 4 nitrogen and oxygen atoms in total. The lowest BCUT2D eigenvalue weighted by Gasteiger charge is -2.06. The predicted molar refractivity (Wildman–Crippen MR) is 92.3 cm³/mol. The highest BCUT2D eigenvalue weighted by Gasteiger charge is 2.03. The molecular formula is C19H21N3O. The summed E-state index contributed by atoms with van der Waals surface area (Å²) in [5, 5.41) is 2.99. The van der Waals surface area contributed by atoms with Crippen LogP contribution in [0.4, 0.5) is 0 Å². The van der Waals surface area contributed by atoms with E-state index in [1.165, 1.54) is 16.7 Å². The molecule has 0 aliphatic carbocycles. The van der Waals surface area contributed by atoms with Crippen LogP contribution >= 0.6 is 0 Å². The van der Waals surface area contributed by atoms with Gasteiger partial charge in [0, 0.05) is 13.0 Å². The third-order valence-electron chi connectivity index (χ3n) is 3.94. The molecule has 0 aliphatic rings. The summed E-state index contributed by atoms with van der Waals surface area (Å²) in [6.45, 7) is 2.73. The number of benzene rings is 2. The van der Waals surface area contributed by atoms with Gasteiger partial charge in [0.25, 0.3) is 0 Å². The van der Waals surface area contributed by atoms with E-state index in [4.69, 9.17) is 0 Å². The molecule has 0 saturated carbocycles. The fraction of sp³-hybridized carbons (Fsp3) is 0.263. The van der Waals surface area contributed by atoms with Crippen molar-refractivity contribution in [1.29, 1.82) is 0 Å². The second kappa shape index (κ2) is 7.09. The summed E-state index contributed by atoms with van der Waals surface area (Å²) in [5.41, 5.74) is 5.65. The summed E-state index contributed by atoms with van der Waals surface area (Å²) < 4.78 is 0. The summed E-state index contributed by atoms with van der Waals surface area (Å²) in [4.78, 5) is 19.2. The first-order chi connectivity index (χ1) is 11.2. The van der Waals surface area contributed by atoms with Gasteiger partial charge in [0.15, 0.2) is 0 Å². The van der Waals surface area contributed by atoms with Crippen LogP contribution in [-0.2, 0) is 17.6 Å². The van der Waals surface area contributed by atoms with Crippen molar-refractivity contribution in [3.8, 4) is 0 Å². The molecule has 0 fully saturated rings. The van der Waals surface area contributed by atoms with Gasteiger partial charge in [0.05, 0.1) is 17.4 Å². The van der Waals surface area contributed by atoms with E-state index in [2.05, 4.69) is 52.5 Å². The predicted octanol–water partition coefficient (Wildman–Crippen LogP) is 3.16. The zero-order valence-electron chi connectivity index (χ0n) is 13.3. The maximum Gasteiger partial charge on any atom is 0.220 e. The van der Waals surface area contributed by atoms with Gasteiger partial charge in [-0.1, -0.05) is 35.9 Å². The Labute approximate surface area is 136 Å². The molecule has 3 aromatic rings. The summed E-state index contributed by atoms with van der Waals surface area (Å²) in [7, 11) is 0. The first kappa shape index (κ1) is 15.3. The molecule has 4 heteroatoms. The minimum Gasteiger partial charge on any atom is -0.356 e. The van der Waals surface area contributed by atoms with Crippen LogP contribution < -0.4 is 5.32 Å². The topological polar surface area (TPSA) is 57.8 Å². The lowest BCUT2D eigenvalue weighted by molar-refractivity contribution is -0.121. The minimum absolute atomic E-state index is 0.106. The van der Waals surface area contributed by atoms with Crippen LogP contribution in [0.15, 0.2) is 48.8 Å². The van der Waals surface area contributed by atoms with E-state index in [-0.39, 0.29) is 5.91 Å². The standard InChI is InChI=1S/C19H21N3O/c1-14-3-2-4-15(11-14)6-8-19(23)20-10-9-16-5-7-17-18(12-16)22-13-21-17/h2-5,7,11-13H,6,8-10H2,1H3,(H,20,23)(H,21,22). The molecule has 0 atom stereocenters. The van der Waals surface area contributed by atoms with Gasteiger partial charge in [0.2, 0.25) is 5.91 Å². The van der Waals surface area contributed by atoms with Crippen molar-refractivity contribution >= 4 is 16.9 Å². The van der Waals surface area contributed by atoms with E-state index in [0.717, 1.165) is 23.9 Å². The Morgan fingerprint density at radius 1 is 1.13 bits per heavy atom. The van der Waals surface area contributed by atoms with Gasteiger partial charge in [-0.25, -0.2) is 4.98 Å². The number of nitrogens with zero attached hydrogens (tertiary/aromatic N) is 1. The molecule has 2 aromatic carbocycles. The third kappa shape index (κ3) is 4.19. The number of carbonyl (C=O) groups is 1. The largest absolute Gasteiger partial charge is 0.356 e. The van der Waals surface area contributed by atoms with Crippen molar-refractivity contribution in [1.82, 2.24) is 15.3 Å². The Morgan fingerprint density at radius 3 is 2.87 bits per heavy atom. The molecule has 0 aliphatic heterocycles. The van der Waals surface area contributed by atoms with Gasteiger partial charge < -0.3 is 10.3 Å². The lowest BCUT2D eigenvalue weighted by Crippen LogP contribution is -2.25. The Morgan fingerprint density at radius 2 is 2.00 bits per heavy atom. The maximum atomic E-state index is 11.9. The van der Waals surface area contributed by atoms with Crippen LogP contribution in [0.1, 0.15) is 23.1 Å². The highest BCUT2D eigenvalue weighted by Crippen LogP contribution is 2.11. The van der Waals surface area contributed by atoms with Crippen molar-refractivity contribution in [2.45, 2.75) is 26.2 Å². The second-order valence-corrected chi connectivity index (χ2v) is 5.84. The molecule has 118 valence electrons. The van der Waals surface area contributed by atoms with Gasteiger partial charge in [-0.2, -0.15) is 0 Å². The third-order valence-corrected chi connectivity index (χ3v) is 3.94. The molecule has 0 bridgehead atoms. The molecule has 0 saturated heterocycles. The van der Waals surface area contributed by atoms with Gasteiger partial charge in [-0.15, -0.1) is 0 Å². The monoisotopic (exact) mass is 307 g/mol. The van der Waals surface area contributed by atoms with Gasteiger partial charge in [-0.3, -0.25) is 4.79 Å². The molecule has 1 amide bonds. The molecule has 1 heterocycles. The number of hydrogen-bond donors (Lipinski definition) is 2. The molecule has 1 aromatic heterocycles. The summed E-state index contributed by atoms with van der Waals surface area (Å²) in [5.74, 6) is 0.106. The van der Waals surface area contributed by atoms with E-state index in [1.807, 2.05) is 12.1 Å². The van der Waals surface area contributed by atoms with Crippen LogP contribution in [0.5, 0.6) is 0 Å². The molecule has 0 radical (unpaired) electrons. The Bertz CT molecular complexity index is 807. The minimum atomic E-state index is 0.106. The number of amides is 1. The number of aryl methyl sites for hydroxylation is 2. The number of fused-ring (bicyclic) bond motifs is 1. The SMILES string of the molecule is Cc1cccc(CCC(=O)NCCc2ccc3nc[nH]c3c2)c1. The number of carbonyl (C=O) groups excluding carboxylic acids is 1. The average Bonchev–Trinajstić information content (AvgIpc) is 3.01. The zero-order valence-corrected chi connectivity index (χ0v) is 13.3. The number of aromatic amines is 1. The number of nitrogens with one attached hydrogen (secondary N) is 2. The number of H-pyrrole nitrogens is 1. The number of rotatable bonds is 6. The van der Waals surface area contributed by atoms with Crippen LogP contribution in [0.3, 0.4) is 0 Å². The van der Waals surface area contributed by atoms with E-state index in [9.17, 15) is 4.79 Å². The van der Waals surface area contributed by atoms with E-state index >= 15 is 0 Å². The van der Waals surface area contributed by atoms with Crippen LogP contribution in [0, 0.1) is 6.92 Å². The summed E-state index contributed by atoms with van der Waals surface area (Å²) in [6, 6.07) is 14.4. The zero-order chi connectivity index (χ0) is 16.1. The van der Waals surface area contributed by atoms with E-state index in [0.29, 0.717) is 13.0 Å². The first-order valence-corrected chi connectivity index (χ1v) is 7.95. The van der Waals surface area contributed by atoms with E-state index < -0.39 is 0 Å². The molecule has 23 heavy (non-hydrogen) atoms. The van der Waals surface area contributed by atoms with E-state index in [1.54, 1.807) is 6.33 Å². The summed E-state index contributed by atoms with van der Waals surface area (Å²) in [6.07, 6.45) is 3.84. The van der Waals surface area contributed by atoms with Crippen LogP contribution in [-0.4, -0.2) is 22.4 Å². The molecule has 3 rings (SSSR count). The Hall–Kier alpha value is -2.62. The normalized spacial score (nSPS) is 10.8. The smallest absolute Gasteiger partial charge is 0.220 e. The lowest BCUT2D eigenvalue weighted by atomic mass is 10.1. The van der Waals surface area contributed by atoms with Crippen molar-refractivity contribution in [2.75, 3.05) is 6.54 Å². The van der Waals surface area contributed by atoms with Crippen LogP contribution in [0.2, 0.25) is 0 Å². The highest BCUT2D eigenvalue weighted by molar-refractivity contribution is 5.76. The van der Waals surface area contributed by atoms with Gasteiger partial charge in [-0.05, 0) is 43.0 Å². The van der Waals surface area contributed by atoms with Gasteiger partial charge >= 0.3 is 0 Å². The molecule has 2 N–H and O–H groups in total. The Kier molecular flexibility index (Phi) is 4.71. The first-order valence-electron chi connectivity index (χ1n) is 7.95. The quantitative estimate of drug-likeness (QED) is 0.735. The fourth-order valence-corrected chi connectivity index (χ4v) is 2.70. The van der Waals surface area contributed by atoms with Crippen molar-refractivity contribution in [2.24, 2.45) is 0 Å². The number of hydrogen-bond acceptors (Lipinski definition) is 2. The van der Waals surface area contributed by atoms with Gasteiger partial charge in [0.1, 0.15) is 0 Å². The average molecular weight is 307 g/mol. The second-order valence-electron chi connectivity index (χ2n) is 5.84. The highest BCUT2D eigenvalue weighted by atomic mass is 16.1. The van der Waals surface area contributed by atoms with Crippen molar-refractivity contribution < 1.29 is 4.79 Å². The molecular weight excluding hydrogens is 286 g/mol. The number of imidazole rings is 1.